The van der Waals surface area contributed by atoms with Crippen molar-refractivity contribution >= 4 is 5.91 Å². The van der Waals surface area contributed by atoms with Crippen LogP contribution in [-0.4, -0.2) is 46.2 Å². The van der Waals surface area contributed by atoms with Crippen molar-refractivity contribution < 1.29 is 9.53 Å². The minimum atomic E-state index is 0.129. The Morgan fingerprint density at radius 2 is 2.04 bits per heavy atom. The van der Waals surface area contributed by atoms with E-state index >= 15 is 0 Å². The SMILES string of the molecule is O=C(Cn1cnc2c1CCCC2)N1CCOC(CCc2ccccc2)C1. The van der Waals surface area contributed by atoms with Crippen LogP contribution in [0.5, 0.6) is 0 Å². The van der Waals surface area contributed by atoms with Crippen molar-refractivity contribution in [2.75, 3.05) is 19.7 Å². The Hall–Kier alpha value is -2.14. The summed E-state index contributed by atoms with van der Waals surface area (Å²) in [7, 11) is 0. The lowest BCUT2D eigenvalue weighted by Crippen LogP contribution is -2.47. The molecule has 1 atom stereocenters. The minimum Gasteiger partial charge on any atom is -0.375 e. The lowest BCUT2D eigenvalue weighted by molar-refractivity contribution is -0.139. The van der Waals surface area contributed by atoms with Crippen molar-refractivity contribution in [1.29, 1.82) is 0 Å². The number of nitrogens with zero attached hydrogens (tertiary/aromatic N) is 3. The molecule has 2 heterocycles. The zero-order valence-corrected chi connectivity index (χ0v) is 15.3. The molecule has 5 heteroatoms. The Morgan fingerprint density at radius 1 is 1.19 bits per heavy atom. The van der Waals surface area contributed by atoms with E-state index in [2.05, 4.69) is 33.8 Å². The molecule has 2 aromatic rings. The van der Waals surface area contributed by atoms with E-state index < -0.39 is 0 Å². The quantitative estimate of drug-likeness (QED) is 0.830. The van der Waals surface area contributed by atoms with Crippen LogP contribution in [0, 0.1) is 0 Å². The summed E-state index contributed by atoms with van der Waals surface area (Å²) in [4.78, 5) is 19.3. The van der Waals surface area contributed by atoms with Crippen LogP contribution < -0.4 is 0 Å². The fourth-order valence-corrected chi connectivity index (χ4v) is 4.01. The van der Waals surface area contributed by atoms with E-state index in [0.29, 0.717) is 26.2 Å². The van der Waals surface area contributed by atoms with Gasteiger partial charge in [0.15, 0.2) is 0 Å². The molecule has 1 amide bonds. The molecule has 0 bridgehead atoms. The molecule has 26 heavy (non-hydrogen) atoms. The molecule has 1 aliphatic heterocycles. The van der Waals surface area contributed by atoms with Gasteiger partial charge >= 0.3 is 0 Å². The smallest absolute Gasteiger partial charge is 0.242 e. The summed E-state index contributed by atoms with van der Waals surface area (Å²) >= 11 is 0. The van der Waals surface area contributed by atoms with E-state index in [4.69, 9.17) is 4.74 Å². The molecule has 4 rings (SSSR count). The Bertz CT molecular complexity index is 741. The number of hydrogen-bond donors (Lipinski definition) is 0. The van der Waals surface area contributed by atoms with Crippen molar-refractivity contribution in [3.63, 3.8) is 0 Å². The van der Waals surface area contributed by atoms with Gasteiger partial charge in [-0.05, 0) is 44.1 Å². The van der Waals surface area contributed by atoms with Gasteiger partial charge < -0.3 is 14.2 Å². The van der Waals surface area contributed by atoms with Gasteiger partial charge in [0.1, 0.15) is 6.54 Å². The molecule has 1 unspecified atom stereocenters. The highest BCUT2D eigenvalue weighted by Crippen LogP contribution is 2.20. The summed E-state index contributed by atoms with van der Waals surface area (Å²) in [5.41, 5.74) is 3.77. The number of benzene rings is 1. The number of morpholine rings is 1. The zero-order valence-electron chi connectivity index (χ0n) is 15.3. The van der Waals surface area contributed by atoms with Crippen LogP contribution in [0.1, 0.15) is 36.2 Å². The van der Waals surface area contributed by atoms with Crippen molar-refractivity contribution in [3.8, 4) is 0 Å². The maximum absolute atomic E-state index is 12.8. The van der Waals surface area contributed by atoms with E-state index in [9.17, 15) is 4.79 Å². The normalized spacial score (nSPS) is 20.0. The average Bonchev–Trinajstić information content (AvgIpc) is 3.10. The number of carbonyl (C=O) groups is 1. The molecule has 1 saturated heterocycles. The molecule has 0 radical (unpaired) electrons. The Labute approximate surface area is 155 Å². The van der Waals surface area contributed by atoms with Crippen molar-refractivity contribution in [2.24, 2.45) is 0 Å². The first-order chi connectivity index (χ1) is 12.8. The number of hydrogen-bond acceptors (Lipinski definition) is 3. The fraction of sp³-hybridized carbons (Fsp3) is 0.524. The predicted octanol–water partition coefficient (Wildman–Crippen LogP) is 2.62. The molecular formula is C21H27N3O2. The van der Waals surface area contributed by atoms with E-state index in [0.717, 1.165) is 25.7 Å². The first-order valence-corrected chi connectivity index (χ1v) is 9.76. The number of rotatable bonds is 5. The number of aromatic nitrogens is 2. The summed E-state index contributed by atoms with van der Waals surface area (Å²) in [6.07, 6.45) is 8.43. The topological polar surface area (TPSA) is 47.4 Å². The van der Waals surface area contributed by atoms with Gasteiger partial charge in [0.05, 0.1) is 24.7 Å². The number of aryl methyl sites for hydroxylation is 2. The molecule has 1 aromatic carbocycles. The van der Waals surface area contributed by atoms with Crippen molar-refractivity contribution in [1.82, 2.24) is 14.5 Å². The highest BCUT2D eigenvalue weighted by atomic mass is 16.5. The summed E-state index contributed by atoms with van der Waals surface area (Å²) in [6, 6.07) is 10.5. The van der Waals surface area contributed by atoms with Gasteiger partial charge in [-0.3, -0.25) is 4.79 Å². The molecule has 0 saturated carbocycles. The third-order valence-electron chi connectivity index (χ3n) is 5.50. The van der Waals surface area contributed by atoms with Gasteiger partial charge in [-0.2, -0.15) is 0 Å². The molecule has 5 nitrogen and oxygen atoms in total. The van der Waals surface area contributed by atoms with Crippen LogP contribution in [-0.2, 0) is 35.3 Å². The largest absolute Gasteiger partial charge is 0.375 e. The van der Waals surface area contributed by atoms with Crippen LogP contribution in [0.3, 0.4) is 0 Å². The molecule has 0 spiro atoms. The first-order valence-electron chi connectivity index (χ1n) is 9.76. The Balaban J connectivity index is 1.32. The highest BCUT2D eigenvalue weighted by molar-refractivity contribution is 5.76. The number of ether oxygens (including phenoxy) is 1. The van der Waals surface area contributed by atoms with Crippen molar-refractivity contribution in [2.45, 2.75) is 51.2 Å². The van der Waals surface area contributed by atoms with Gasteiger partial charge in [-0.15, -0.1) is 0 Å². The number of fused-ring (bicyclic) bond motifs is 1. The Kier molecular flexibility index (Phi) is 5.34. The lowest BCUT2D eigenvalue weighted by atomic mass is 10.0. The number of amides is 1. The number of imidazole rings is 1. The van der Waals surface area contributed by atoms with Gasteiger partial charge in [0.25, 0.3) is 0 Å². The third kappa shape index (κ3) is 3.98. The van der Waals surface area contributed by atoms with Crippen LogP contribution in [0.25, 0.3) is 0 Å². The first kappa shape index (κ1) is 17.3. The zero-order chi connectivity index (χ0) is 17.8. The monoisotopic (exact) mass is 353 g/mol. The van der Waals surface area contributed by atoms with Gasteiger partial charge in [-0.25, -0.2) is 4.98 Å². The highest BCUT2D eigenvalue weighted by Gasteiger charge is 2.25. The summed E-state index contributed by atoms with van der Waals surface area (Å²) < 4.78 is 7.95. The van der Waals surface area contributed by atoms with Crippen LogP contribution in [0.4, 0.5) is 0 Å². The van der Waals surface area contributed by atoms with E-state index in [-0.39, 0.29) is 12.0 Å². The van der Waals surface area contributed by atoms with E-state index in [1.54, 1.807) is 0 Å². The molecule has 0 N–H and O–H groups in total. The van der Waals surface area contributed by atoms with Crippen LogP contribution >= 0.6 is 0 Å². The summed E-state index contributed by atoms with van der Waals surface area (Å²) in [5, 5.41) is 0. The second kappa shape index (κ2) is 8.04. The van der Waals surface area contributed by atoms with E-state index in [1.165, 1.54) is 29.8 Å². The van der Waals surface area contributed by atoms with Crippen LogP contribution in [0.15, 0.2) is 36.7 Å². The molecule has 1 fully saturated rings. The van der Waals surface area contributed by atoms with Gasteiger partial charge in [0, 0.05) is 18.8 Å². The molecule has 2 aliphatic rings. The maximum Gasteiger partial charge on any atom is 0.242 e. The van der Waals surface area contributed by atoms with Gasteiger partial charge in [0.2, 0.25) is 5.91 Å². The molecular weight excluding hydrogens is 326 g/mol. The average molecular weight is 353 g/mol. The second-order valence-electron chi connectivity index (χ2n) is 7.33. The molecule has 1 aliphatic carbocycles. The molecule has 138 valence electrons. The maximum atomic E-state index is 12.8. The second-order valence-corrected chi connectivity index (χ2v) is 7.33. The van der Waals surface area contributed by atoms with E-state index in [1.807, 2.05) is 17.3 Å². The number of carbonyl (C=O) groups excluding carboxylic acids is 1. The Morgan fingerprint density at radius 3 is 2.92 bits per heavy atom. The predicted molar refractivity (Wildman–Crippen MR) is 100.0 cm³/mol. The fourth-order valence-electron chi connectivity index (χ4n) is 4.01. The van der Waals surface area contributed by atoms with Crippen molar-refractivity contribution in [3.05, 3.63) is 53.6 Å². The third-order valence-corrected chi connectivity index (χ3v) is 5.50. The molecule has 1 aromatic heterocycles. The van der Waals surface area contributed by atoms with Gasteiger partial charge in [-0.1, -0.05) is 30.3 Å². The minimum absolute atomic E-state index is 0.129. The lowest BCUT2D eigenvalue weighted by Gasteiger charge is -2.33. The summed E-state index contributed by atoms with van der Waals surface area (Å²) in [6.45, 7) is 2.43. The standard InChI is InChI=1S/C21H27N3O2/c25-21(15-24-16-22-19-8-4-5-9-20(19)24)23-12-13-26-18(14-23)11-10-17-6-2-1-3-7-17/h1-3,6-7,16,18H,4-5,8-15H2. The van der Waals surface area contributed by atoms with Crippen LogP contribution in [0.2, 0.25) is 0 Å². The summed E-state index contributed by atoms with van der Waals surface area (Å²) in [5.74, 6) is 0.184.